The summed E-state index contributed by atoms with van der Waals surface area (Å²) < 4.78 is 62.9. The smallest absolute Gasteiger partial charge is 0.383 e. The fraction of sp³-hybridized carbons (Fsp3) is 0.500. The van der Waals surface area contributed by atoms with E-state index >= 15 is 0 Å². The monoisotopic (exact) mass is 311 g/mol. The molecule has 0 heterocycles. The van der Waals surface area contributed by atoms with Gasteiger partial charge in [0.15, 0.2) is 9.84 Å². The lowest BCUT2D eigenvalue weighted by atomic mass is 10.3. The van der Waals surface area contributed by atoms with E-state index in [0.717, 1.165) is 0 Å². The number of ether oxygens (including phenoxy) is 1. The quantitative estimate of drug-likeness (QED) is 0.786. The van der Waals surface area contributed by atoms with Crippen molar-refractivity contribution in [3.05, 3.63) is 24.3 Å². The molecule has 0 fully saturated rings. The number of hydrogen-bond acceptors (Lipinski definition) is 4. The fourth-order valence-electron chi connectivity index (χ4n) is 1.40. The van der Waals surface area contributed by atoms with Crippen LogP contribution >= 0.6 is 0 Å². The van der Waals surface area contributed by atoms with E-state index < -0.39 is 22.6 Å². The summed E-state index contributed by atoms with van der Waals surface area (Å²) in [5.74, 6) is 0.0189. The number of alkyl halides is 3. The highest BCUT2D eigenvalue weighted by molar-refractivity contribution is 7.91. The van der Waals surface area contributed by atoms with E-state index in [1.54, 1.807) is 19.1 Å². The fourth-order valence-corrected chi connectivity index (χ4v) is 2.29. The van der Waals surface area contributed by atoms with Crippen LogP contribution in [0.25, 0.3) is 0 Å². The second kappa shape index (κ2) is 6.94. The van der Waals surface area contributed by atoms with E-state index in [1.165, 1.54) is 12.1 Å². The Balaban J connectivity index is 2.40. The summed E-state index contributed by atoms with van der Waals surface area (Å²) in [6, 6.07) is 6.04. The molecule has 1 rings (SSSR count). The molecule has 0 amide bonds. The Morgan fingerprint density at radius 1 is 1.20 bits per heavy atom. The molecule has 0 aliphatic carbocycles. The van der Waals surface area contributed by atoms with E-state index in [1.807, 2.05) is 0 Å². The zero-order chi connectivity index (χ0) is 15.2. The molecule has 1 aromatic rings. The van der Waals surface area contributed by atoms with Crippen molar-refractivity contribution < 1.29 is 26.3 Å². The highest BCUT2D eigenvalue weighted by Crippen LogP contribution is 2.16. The maximum atomic E-state index is 11.8. The van der Waals surface area contributed by atoms with Gasteiger partial charge in [0.2, 0.25) is 0 Å². The second-order valence-electron chi connectivity index (χ2n) is 4.02. The van der Waals surface area contributed by atoms with Crippen molar-refractivity contribution in [1.82, 2.24) is 0 Å². The summed E-state index contributed by atoms with van der Waals surface area (Å²) in [6.07, 6.45) is -4.32. The van der Waals surface area contributed by atoms with Gasteiger partial charge in [0.25, 0.3) is 0 Å². The number of nitrogens with one attached hydrogen (secondary N) is 1. The summed E-state index contributed by atoms with van der Waals surface area (Å²) in [7, 11) is -3.24. The molecule has 1 N–H and O–H groups in total. The van der Waals surface area contributed by atoms with Crippen molar-refractivity contribution in [2.75, 3.05) is 30.8 Å². The molecule has 0 atom stereocenters. The van der Waals surface area contributed by atoms with Crippen molar-refractivity contribution in [1.29, 1.82) is 0 Å². The van der Waals surface area contributed by atoms with Crippen LogP contribution in [0.1, 0.15) is 6.92 Å². The largest absolute Gasteiger partial charge is 0.411 e. The normalized spacial score (nSPS) is 12.4. The molecular weight excluding hydrogens is 295 g/mol. The lowest BCUT2D eigenvalue weighted by Gasteiger charge is -2.09. The maximum absolute atomic E-state index is 11.8. The Morgan fingerprint density at radius 2 is 1.80 bits per heavy atom. The van der Waals surface area contributed by atoms with Crippen LogP contribution in [0.2, 0.25) is 0 Å². The number of halogens is 3. The molecule has 0 aliphatic heterocycles. The summed E-state index contributed by atoms with van der Waals surface area (Å²) in [5.41, 5.74) is 0.621. The van der Waals surface area contributed by atoms with Crippen LogP contribution in [0.15, 0.2) is 29.2 Å². The van der Waals surface area contributed by atoms with E-state index in [-0.39, 0.29) is 23.8 Å². The minimum atomic E-state index is -4.32. The number of benzene rings is 1. The standard InChI is InChI=1S/C12H16F3NO3S/c1-2-20(17,18)11-5-3-10(4-6-11)16-7-8-19-9-12(13,14)15/h3-6,16H,2,7-9H2,1H3. The molecule has 1 aromatic carbocycles. The van der Waals surface area contributed by atoms with Gasteiger partial charge in [0.05, 0.1) is 17.3 Å². The third-order valence-corrected chi connectivity index (χ3v) is 4.19. The third kappa shape index (κ3) is 5.79. The number of rotatable bonds is 7. The Kier molecular flexibility index (Phi) is 5.82. The molecule has 0 saturated carbocycles. The molecule has 20 heavy (non-hydrogen) atoms. The number of sulfone groups is 1. The number of hydrogen-bond donors (Lipinski definition) is 1. The highest BCUT2D eigenvalue weighted by Gasteiger charge is 2.27. The van der Waals surface area contributed by atoms with E-state index in [0.29, 0.717) is 5.69 Å². The van der Waals surface area contributed by atoms with Gasteiger partial charge in [0, 0.05) is 12.2 Å². The first-order valence-corrected chi connectivity index (χ1v) is 7.61. The van der Waals surface area contributed by atoms with Gasteiger partial charge in [-0.1, -0.05) is 6.92 Å². The Bertz CT molecular complexity index is 512. The summed E-state index contributed by atoms with van der Waals surface area (Å²) in [5, 5.41) is 2.84. The molecule has 114 valence electrons. The first kappa shape index (κ1) is 16.8. The molecule has 0 spiro atoms. The topological polar surface area (TPSA) is 55.4 Å². The Hall–Kier alpha value is -1.28. The van der Waals surface area contributed by atoms with E-state index in [9.17, 15) is 21.6 Å². The molecule has 0 aromatic heterocycles. The molecular formula is C12H16F3NO3S. The zero-order valence-corrected chi connectivity index (χ0v) is 11.7. The summed E-state index contributed by atoms with van der Waals surface area (Å²) in [6.45, 7) is 0.395. The van der Waals surface area contributed by atoms with Crippen LogP contribution in [-0.2, 0) is 14.6 Å². The van der Waals surface area contributed by atoms with Gasteiger partial charge in [-0.3, -0.25) is 0 Å². The van der Waals surface area contributed by atoms with Crippen LogP contribution in [0.3, 0.4) is 0 Å². The van der Waals surface area contributed by atoms with Gasteiger partial charge >= 0.3 is 6.18 Å². The average molecular weight is 311 g/mol. The molecule has 0 saturated heterocycles. The lowest BCUT2D eigenvalue weighted by molar-refractivity contribution is -0.172. The van der Waals surface area contributed by atoms with Crippen LogP contribution in [0.5, 0.6) is 0 Å². The molecule has 4 nitrogen and oxygen atoms in total. The van der Waals surface area contributed by atoms with Gasteiger partial charge < -0.3 is 10.1 Å². The molecule has 0 bridgehead atoms. The predicted molar refractivity (Wildman–Crippen MR) is 69.5 cm³/mol. The van der Waals surface area contributed by atoms with E-state index in [2.05, 4.69) is 10.1 Å². The Morgan fingerprint density at radius 3 is 2.30 bits per heavy atom. The second-order valence-corrected chi connectivity index (χ2v) is 6.30. The van der Waals surface area contributed by atoms with Crippen molar-refractivity contribution in [2.24, 2.45) is 0 Å². The molecule has 0 unspecified atom stereocenters. The Labute approximate surface area is 115 Å². The zero-order valence-electron chi connectivity index (χ0n) is 10.9. The van der Waals surface area contributed by atoms with Crippen LogP contribution in [0, 0.1) is 0 Å². The first-order chi connectivity index (χ1) is 9.24. The first-order valence-electron chi connectivity index (χ1n) is 5.96. The van der Waals surface area contributed by atoms with Crippen molar-refractivity contribution >= 4 is 15.5 Å². The van der Waals surface area contributed by atoms with Gasteiger partial charge in [-0.15, -0.1) is 0 Å². The van der Waals surface area contributed by atoms with Crippen LogP contribution in [0.4, 0.5) is 18.9 Å². The third-order valence-electron chi connectivity index (χ3n) is 2.43. The van der Waals surface area contributed by atoms with Crippen LogP contribution in [-0.4, -0.2) is 40.1 Å². The predicted octanol–water partition coefficient (Wildman–Crippen LogP) is 2.47. The SMILES string of the molecule is CCS(=O)(=O)c1ccc(NCCOCC(F)(F)F)cc1. The lowest BCUT2D eigenvalue weighted by Crippen LogP contribution is -2.20. The van der Waals surface area contributed by atoms with E-state index in [4.69, 9.17) is 0 Å². The average Bonchev–Trinajstić information content (AvgIpc) is 2.37. The molecule has 0 radical (unpaired) electrons. The van der Waals surface area contributed by atoms with Gasteiger partial charge in [-0.2, -0.15) is 13.2 Å². The van der Waals surface area contributed by atoms with Crippen molar-refractivity contribution in [3.63, 3.8) is 0 Å². The summed E-state index contributed by atoms with van der Waals surface area (Å²) >= 11 is 0. The van der Waals surface area contributed by atoms with Crippen LogP contribution < -0.4 is 5.32 Å². The minimum Gasteiger partial charge on any atom is -0.383 e. The van der Waals surface area contributed by atoms with Crippen molar-refractivity contribution in [3.8, 4) is 0 Å². The van der Waals surface area contributed by atoms with Gasteiger partial charge in [-0.05, 0) is 24.3 Å². The minimum absolute atomic E-state index is 0.0189. The molecule has 0 aliphatic rings. The van der Waals surface area contributed by atoms with Gasteiger partial charge in [0.1, 0.15) is 6.61 Å². The van der Waals surface area contributed by atoms with Gasteiger partial charge in [-0.25, -0.2) is 8.42 Å². The summed E-state index contributed by atoms with van der Waals surface area (Å²) in [4.78, 5) is 0.221. The number of anilines is 1. The maximum Gasteiger partial charge on any atom is 0.411 e. The van der Waals surface area contributed by atoms with Crippen molar-refractivity contribution in [2.45, 2.75) is 18.0 Å². The molecule has 8 heteroatoms. The highest BCUT2D eigenvalue weighted by atomic mass is 32.2.